The molecule has 0 bridgehead atoms. The maximum atomic E-state index is 5.45. The van der Waals surface area contributed by atoms with Crippen molar-refractivity contribution in [3.8, 4) is 5.75 Å². The van der Waals surface area contributed by atoms with Gasteiger partial charge in [-0.05, 0) is 24.6 Å². The van der Waals surface area contributed by atoms with Crippen LogP contribution < -0.4 is 10.1 Å². The van der Waals surface area contributed by atoms with Gasteiger partial charge in [0.15, 0.2) is 11.8 Å². The summed E-state index contributed by atoms with van der Waals surface area (Å²) in [6.07, 6.45) is 0. The minimum absolute atomic E-state index is 0. The van der Waals surface area contributed by atoms with Crippen LogP contribution in [-0.2, 0) is 13.1 Å². The predicted molar refractivity (Wildman–Crippen MR) is 104 cm³/mol. The molecule has 1 aromatic heterocycles. The Hall–Kier alpha value is -1.84. The highest BCUT2D eigenvalue weighted by molar-refractivity contribution is 14.0. The fourth-order valence-electron chi connectivity index (χ4n) is 2.16. The molecule has 0 spiro atoms. The molecule has 0 atom stereocenters. The molecule has 2 aromatic rings. The number of aryl methyl sites for hydroxylation is 1. The van der Waals surface area contributed by atoms with Crippen LogP contribution in [0.2, 0.25) is 0 Å². The molecule has 24 heavy (non-hydrogen) atoms. The molecule has 0 unspecified atom stereocenters. The number of aliphatic imine (C=N–C) groups is 1. The van der Waals surface area contributed by atoms with Gasteiger partial charge in [0, 0.05) is 27.6 Å². The van der Waals surface area contributed by atoms with Crippen molar-refractivity contribution in [2.24, 2.45) is 4.99 Å². The molecule has 0 saturated heterocycles. The summed E-state index contributed by atoms with van der Waals surface area (Å²) in [6, 6.07) is 8.06. The van der Waals surface area contributed by atoms with Crippen molar-refractivity contribution in [3.63, 3.8) is 0 Å². The second-order valence-corrected chi connectivity index (χ2v) is 5.06. The second kappa shape index (κ2) is 10.1. The highest BCUT2D eigenvalue weighted by Crippen LogP contribution is 2.13. The number of aromatic nitrogens is 2. The number of hydrogen-bond donors (Lipinski definition) is 1. The van der Waals surface area contributed by atoms with Crippen molar-refractivity contribution >= 4 is 29.9 Å². The molecule has 0 aliphatic heterocycles. The minimum Gasteiger partial charge on any atom is -0.494 e. The van der Waals surface area contributed by atoms with Crippen molar-refractivity contribution < 1.29 is 9.26 Å². The Morgan fingerprint density at radius 1 is 1.33 bits per heavy atom. The maximum Gasteiger partial charge on any atom is 0.223 e. The number of guanidine groups is 1. The molecule has 0 fully saturated rings. The van der Waals surface area contributed by atoms with Crippen molar-refractivity contribution in [2.45, 2.75) is 26.9 Å². The Kier molecular flexibility index (Phi) is 8.51. The van der Waals surface area contributed by atoms with Gasteiger partial charge in [-0.2, -0.15) is 4.98 Å². The van der Waals surface area contributed by atoms with Gasteiger partial charge in [-0.25, -0.2) is 0 Å². The Morgan fingerprint density at radius 2 is 2.04 bits per heavy atom. The number of benzene rings is 1. The molecule has 7 nitrogen and oxygen atoms in total. The van der Waals surface area contributed by atoms with Crippen molar-refractivity contribution in [2.75, 3.05) is 20.7 Å². The molecule has 0 aliphatic carbocycles. The lowest BCUT2D eigenvalue weighted by Gasteiger charge is -2.21. The largest absolute Gasteiger partial charge is 0.494 e. The SMILES string of the molecule is CCOc1ccc(CN(C)C(=NC)NCc2noc(C)n2)cc1.I. The summed E-state index contributed by atoms with van der Waals surface area (Å²) >= 11 is 0. The average molecular weight is 445 g/mol. The molecular weight excluding hydrogens is 421 g/mol. The van der Waals surface area contributed by atoms with Gasteiger partial charge in [0.2, 0.25) is 5.89 Å². The van der Waals surface area contributed by atoms with Crippen LogP contribution in [-0.4, -0.2) is 41.7 Å². The van der Waals surface area contributed by atoms with E-state index in [9.17, 15) is 0 Å². The highest BCUT2D eigenvalue weighted by Gasteiger charge is 2.09. The fraction of sp³-hybridized carbons (Fsp3) is 0.438. The molecule has 0 aliphatic rings. The lowest BCUT2D eigenvalue weighted by molar-refractivity contribution is 0.340. The molecule has 132 valence electrons. The van der Waals surface area contributed by atoms with Crippen LogP contribution in [0.3, 0.4) is 0 Å². The number of halogens is 1. The van der Waals surface area contributed by atoms with Crippen LogP contribution in [0.5, 0.6) is 5.75 Å². The zero-order chi connectivity index (χ0) is 16.7. The lowest BCUT2D eigenvalue weighted by atomic mass is 10.2. The predicted octanol–water partition coefficient (Wildman–Crippen LogP) is 2.60. The van der Waals surface area contributed by atoms with E-state index in [2.05, 4.69) is 32.6 Å². The molecule has 0 saturated carbocycles. The quantitative estimate of drug-likeness (QED) is 0.419. The highest BCUT2D eigenvalue weighted by atomic mass is 127. The summed E-state index contributed by atoms with van der Waals surface area (Å²) in [7, 11) is 3.73. The fourth-order valence-corrected chi connectivity index (χ4v) is 2.16. The molecule has 1 heterocycles. The zero-order valence-corrected chi connectivity index (χ0v) is 16.8. The van der Waals surface area contributed by atoms with Crippen LogP contribution in [0.4, 0.5) is 0 Å². The maximum absolute atomic E-state index is 5.45. The number of nitrogens with zero attached hydrogens (tertiary/aromatic N) is 4. The normalized spacial score (nSPS) is 10.9. The zero-order valence-electron chi connectivity index (χ0n) is 14.4. The molecule has 2 rings (SSSR count). The van der Waals surface area contributed by atoms with Gasteiger partial charge in [0.05, 0.1) is 13.2 Å². The number of nitrogens with one attached hydrogen (secondary N) is 1. The van der Waals surface area contributed by atoms with Gasteiger partial charge in [-0.1, -0.05) is 17.3 Å². The number of rotatable bonds is 6. The minimum atomic E-state index is 0. The first kappa shape index (κ1) is 20.2. The summed E-state index contributed by atoms with van der Waals surface area (Å²) in [5.74, 6) is 2.81. The average Bonchev–Trinajstić information content (AvgIpc) is 2.95. The van der Waals surface area contributed by atoms with E-state index >= 15 is 0 Å². The van der Waals surface area contributed by atoms with E-state index in [4.69, 9.17) is 9.26 Å². The van der Waals surface area contributed by atoms with Gasteiger partial charge >= 0.3 is 0 Å². The monoisotopic (exact) mass is 445 g/mol. The molecule has 1 N–H and O–H groups in total. The molecule has 0 amide bonds. The van der Waals surface area contributed by atoms with E-state index in [0.29, 0.717) is 24.9 Å². The summed E-state index contributed by atoms with van der Waals surface area (Å²) in [6.45, 7) is 5.62. The summed E-state index contributed by atoms with van der Waals surface area (Å²) in [5, 5.41) is 7.07. The van der Waals surface area contributed by atoms with E-state index in [1.807, 2.05) is 31.0 Å². The van der Waals surface area contributed by atoms with Gasteiger partial charge in [0.1, 0.15) is 5.75 Å². The third-order valence-electron chi connectivity index (χ3n) is 3.20. The number of ether oxygens (including phenoxy) is 1. The van der Waals surface area contributed by atoms with Gasteiger partial charge in [-0.3, -0.25) is 4.99 Å². The third kappa shape index (κ3) is 5.99. The summed E-state index contributed by atoms with van der Waals surface area (Å²) in [4.78, 5) is 10.5. The molecule has 0 radical (unpaired) electrons. The number of hydrogen-bond acceptors (Lipinski definition) is 5. The van der Waals surface area contributed by atoms with Crippen molar-refractivity contribution in [3.05, 3.63) is 41.5 Å². The van der Waals surface area contributed by atoms with E-state index in [0.717, 1.165) is 18.3 Å². The first-order valence-corrected chi connectivity index (χ1v) is 7.55. The van der Waals surface area contributed by atoms with Gasteiger partial charge in [0.25, 0.3) is 0 Å². The van der Waals surface area contributed by atoms with E-state index in [-0.39, 0.29) is 24.0 Å². The third-order valence-corrected chi connectivity index (χ3v) is 3.20. The smallest absolute Gasteiger partial charge is 0.223 e. The Balaban J connectivity index is 0.00000288. The van der Waals surface area contributed by atoms with Crippen LogP contribution in [0.25, 0.3) is 0 Å². The standard InChI is InChI=1S/C16H23N5O2.HI/c1-5-22-14-8-6-13(7-9-14)11-21(4)16(17-3)18-10-15-19-12(2)23-20-15;/h6-9H,5,10-11H2,1-4H3,(H,17,18);1H. The molecule has 1 aromatic carbocycles. The first-order valence-electron chi connectivity index (χ1n) is 7.55. The van der Waals surface area contributed by atoms with Crippen molar-refractivity contribution in [1.29, 1.82) is 0 Å². The van der Waals surface area contributed by atoms with E-state index < -0.39 is 0 Å². The van der Waals surface area contributed by atoms with Crippen LogP contribution in [0.1, 0.15) is 24.2 Å². The molecular formula is C16H24IN5O2. The summed E-state index contributed by atoms with van der Waals surface area (Å²) in [5.41, 5.74) is 1.18. The van der Waals surface area contributed by atoms with Crippen LogP contribution >= 0.6 is 24.0 Å². The Labute approximate surface area is 159 Å². The second-order valence-electron chi connectivity index (χ2n) is 5.06. The lowest BCUT2D eigenvalue weighted by Crippen LogP contribution is -2.38. The Bertz CT molecular complexity index is 642. The van der Waals surface area contributed by atoms with Gasteiger partial charge < -0.3 is 19.5 Å². The Morgan fingerprint density at radius 3 is 2.58 bits per heavy atom. The first-order chi connectivity index (χ1) is 11.1. The molecule has 8 heteroatoms. The van der Waals surface area contributed by atoms with E-state index in [1.165, 1.54) is 5.56 Å². The van der Waals surface area contributed by atoms with Crippen LogP contribution in [0, 0.1) is 6.92 Å². The van der Waals surface area contributed by atoms with Crippen LogP contribution in [0.15, 0.2) is 33.8 Å². The van der Waals surface area contributed by atoms with Gasteiger partial charge in [-0.15, -0.1) is 24.0 Å². The van der Waals surface area contributed by atoms with E-state index in [1.54, 1.807) is 14.0 Å². The topological polar surface area (TPSA) is 75.8 Å². The van der Waals surface area contributed by atoms with Crippen molar-refractivity contribution in [1.82, 2.24) is 20.4 Å². The summed E-state index contributed by atoms with van der Waals surface area (Å²) < 4.78 is 10.4.